The van der Waals surface area contributed by atoms with Gasteiger partial charge in [-0.05, 0) is 11.6 Å². The smallest absolute Gasteiger partial charge is 0.308 e. The predicted molar refractivity (Wildman–Crippen MR) is 65.4 cm³/mol. The molecule has 19 heavy (non-hydrogen) atoms. The highest BCUT2D eigenvalue weighted by atomic mass is 35.5. The molecule has 0 spiro atoms. The van der Waals surface area contributed by atoms with Crippen LogP contribution < -0.4 is 9.47 Å². The summed E-state index contributed by atoms with van der Waals surface area (Å²) in [6.07, 6.45) is -0.340. The molecule has 6 nitrogen and oxygen atoms in total. The summed E-state index contributed by atoms with van der Waals surface area (Å²) in [5.41, 5.74) is 0.251. The molecule has 0 heterocycles. The van der Waals surface area contributed by atoms with E-state index in [4.69, 9.17) is 26.2 Å². The fourth-order valence-electron chi connectivity index (χ4n) is 1.34. The number of hydrogen-bond acceptors (Lipinski definition) is 5. The van der Waals surface area contributed by atoms with Gasteiger partial charge in [0.15, 0.2) is 11.5 Å². The average molecular weight is 287 g/mol. The van der Waals surface area contributed by atoms with E-state index in [0.717, 1.165) is 0 Å². The zero-order valence-electron chi connectivity index (χ0n) is 10.2. The third-order valence-corrected chi connectivity index (χ3v) is 2.31. The SMILES string of the molecule is CC(=O)Oc1cc(Cl)c(CC(=O)O)cc1OC(C)=O. The van der Waals surface area contributed by atoms with Crippen LogP contribution in [0.1, 0.15) is 19.4 Å². The molecule has 0 aliphatic carbocycles. The second-order valence-electron chi connectivity index (χ2n) is 3.65. The Kier molecular flexibility index (Phi) is 4.88. The number of esters is 2. The Morgan fingerprint density at radius 2 is 1.58 bits per heavy atom. The quantitative estimate of drug-likeness (QED) is 0.671. The molecule has 7 heteroatoms. The third-order valence-electron chi connectivity index (χ3n) is 1.96. The highest BCUT2D eigenvalue weighted by Crippen LogP contribution is 2.34. The molecular weight excluding hydrogens is 276 g/mol. The number of aliphatic carboxylic acids is 1. The van der Waals surface area contributed by atoms with E-state index in [0.29, 0.717) is 0 Å². The van der Waals surface area contributed by atoms with Crippen LogP contribution in [0.4, 0.5) is 0 Å². The first-order valence-electron chi connectivity index (χ1n) is 5.20. The molecule has 0 aliphatic heterocycles. The molecule has 1 N–H and O–H groups in total. The molecule has 0 radical (unpaired) electrons. The van der Waals surface area contributed by atoms with E-state index in [1.54, 1.807) is 0 Å². The number of benzene rings is 1. The lowest BCUT2D eigenvalue weighted by Gasteiger charge is -2.11. The summed E-state index contributed by atoms with van der Waals surface area (Å²) in [6, 6.07) is 2.50. The molecule has 0 bridgehead atoms. The van der Waals surface area contributed by atoms with Gasteiger partial charge in [-0.15, -0.1) is 0 Å². The van der Waals surface area contributed by atoms with Crippen molar-refractivity contribution in [2.75, 3.05) is 0 Å². The average Bonchev–Trinajstić information content (AvgIpc) is 2.22. The Morgan fingerprint density at radius 1 is 1.11 bits per heavy atom. The number of carbonyl (C=O) groups is 3. The van der Waals surface area contributed by atoms with Crippen LogP contribution in [0.3, 0.4) is 0 Å². The van der Waals surface area contributed by atoms with E-state index < -0.39 is 17.9 Å². The van der Waals surface area contributed by atoms with Gasteiger partial charge >= 0.3 is 17.9 Å². The number of carbonyl (C=O) groups excluding carboxylic acids is 2. The van der Waals surface area contributed by atoms with Crippen molar-refractivity contribution in [1.82, 2.24) is 0 Å². The van der Waals surface area contributed by atoms with Gasteiger partial charge in [-0.2, -0.15) is 0 Å². The van der Waals surface area contributed by atoms with Crippen LogP contribution in [0.2, 0.25) is 5.02 Å². The number of carboxylic acids is 1. The van der Waals surface area contributed by atoms with Crippen LogP contribution in [0.5, 0.6) is 11.5 Å². The van der Waals surface area contributed by atoms with E-state index in [1.165, 1.54) is 26.0 Å². The molecule has 0 saturated carbocycles. The van der Waals surface area contributed by atoms with Crippen molar-refractivity contribution in [2.45, 2.75) is 20.3 Å². The highest BCUT2D eigenvalue weighted by molar-refractivity contribution is 6.31. The first kappa shape index (κ1) is 15.0. The molecule has 0 atom stereocenters. The van der Waals surface area contributed by atoms with E-state index in [2.05, 4.69) is 0 Å². The number of ether oxygens (including phenoxy) is 2. The molecule has 1 aromatic carbocycles. The minimum Gasteiger partial charge on any atom is -0.481 e. The molecule has 0 aliphatic rings. The predicted octanol–water partition coefficient (Wildman–Crippen LogP) is 1.82. The van der Waals surface area contributed by atoms with E-state index in [-0.39, 0.29) is 28.5 Å². The number of hydrogen-bond donors (Lipinski definition) is 1. The monoisotopic (exact) mass is 286 g/mol. The van der Waals surface area contributed by atoms with Gasteiger partial charge in [0.25, 0.3) is 0 Å². The molecular formula is C12H11ClO6. The van der Waals surface area contributed by atoms with Crippen molar-refractivity contribution in [3.63, 3.8) is 0 Å². The largest absolute Gasteiger partial charge is 0.481 e. The van der Waals surface area contributed by atoms with Gasteiger partial charge in [-0.3, -0.25) is 14.4 Å². The van der Waals surface area contributed by atoms with Crippen LogP contribution in [0.15, 0.2) is 12.1 Å². The molecule has 0 aromatic heterocycles. The van der Waals surface area contributed by atoms with Crippen molar-refractivity contribution in [3.05, 3.63) is 22.7 Å². The molecule has 102 valence electrons. The summed E-state index contributed by atoms with van der Waals surface area (Å²) in [5.74, 6) is -2.42. The van der Waals surface area contributed by atoms with Gasteiger partial charge < -0.3 is 14.6 Å². The minimum atomic E-state index is -1.09. The fourth-order valence-corrected chi connectivity index (χ4v) is 1.57. The Bertz CT molecular complexity index is 537. The lowest BCUT2D eigenvalue weighted by molar-refractivity contribution is -0.136. The normalized spacial score (nSPS) is 9.84. The van der Waals surface area contributed by atoms with Crippen LogP contribution in [0.25, 0.3) is 0 Å². The van der Waals surface area contributed by atoms with Crippen molar-refractivity contribution in [1.29, 1.82) is 0 Å². The van der Waals surface area contributed by atoms with Crippen LogP contribution in [0, 0.1) is 0 Å². The maximum absolute atomic E-state index is 11.0. The van der Waals surface area contributed by atoms with Crippen LogP contribution in [-0.2, 0) is 20.8 Å². The maximum atomic E-state index is 11.0. The van der Waals surface area contributed by atoms with Gasteiger partial charge in [-0.1, -0.05) is 11.6 Å². The number of rotatable bonds is 4. The molecule has 0 amide bonds. The van der Waals surface area contributed by atoms with Crippen molar-refractivity contribution in [2.24, 2.45) is 0 Å². The van der Waals surface area contributed by atoms with Crippen molar-refractivity contribution < 1.29 is 29.0 Å². The van der Waals surface area contributed by atoms with Gasteiger partial charge in [0.2, 0.25) is 0 Å². The Hall–Kier alpha value is -2.08. The third kappa shape index (κ3) is 4.59. The van der Waals surface area contributed by atoms with Crippen molar-refractivity contribution in [3.8, 4) is 11.5 Å². The lowest BCUT2D eigenvalue weighted by atomic mass is 10.1. The second kappa shape index (κ2) is 6.19. The zero-order chi connectivity index (χ0) is 14.6. The standard InChI is InChI=1S/C12H11ClO6/c1-6(14)18-10-3-8(4-12(16)17)9(13)5-11(10)19-7(2)15/h3,5H,4H2,1-2H3,(H,16,17). The second-order valence-corrected chi connectivity index (χ2v) is 4.06. The summed E-state index contributed by atoms with van der Waals surface area (Å²) < 4.78 is 9.69. The minimum absolute atomic E-state index is 0.0400. The fraction of sp³-hybridized carbons (Fsp3) is 0.250. The summed E-state index contributed by atoms with van der Waals surface area (Å²) in [4.78, 5) is 32.5. The summed E-state index contributed by atoms with van der Waals surface area (Å²) in [7, 11) is 0. The molecule has 0 saturated heterocycles. The first-order valence-corrected chi connectivity index (χ1v) is 5.58. The van der Waals surface area contributed by atoms with Crippen molar-refractivity contribution >= 4 is 29.5 Å². The van der Waals surface area contributed by atoms with Gasteiger partial charge in [0.05, 0.1) is 6.42 Å². The highest BCUT2D eigenvalue weighted by Gasteiger charge is 2.16. The Balaban J connectivity index is 3.23. The van der Waals surface area contributed by atoms with Gasteiger partial charge in [-0.25, -0.2) is 0 Å². The summed E-state index contributed by atoms with van der Waals surface area (Å²) in [5, 5.41) is 8.83. The number of carboxylic acid groups (broad SMARTS) is 1. The van der Waals surface area contributed by atoms with E-state index in [9.17, 15) is 14.4 Å². The maximum Gasteiger partial charge on any atom is 0.308 e. The Morgan fingerprint density at radius 3 is 2.00 bits per heavy atom. The van der Waals surface area contributed by atoms with Crippen LogP contribution >= 0.6 is 11.6 Å². The molecule has 1 rings (SSSR count). The van der Waals surface area contributed by atoms with E-state index >= 15 is 0 Å². The lowest BCUT2D eigenvalue weighted by Crippen LogP contribution is -2.09. The summed E-state index contributed by atoms with van der Waals surface area (Å²) in [6.45, 7) is 2.35. The Labute approximate surface area is 113 Å². The molecule has 1 aromatic rings. The zero-order valence-corrected chi connectivity index (χ0v) is 11.0. The van der Waals surface area contributed by atoms with Crippen LogP contribution in [-0.4, -0.2) is 23.0 Å². The molecule has 0 fully saturated rings. The van der Waals surface area contributed by atoms with E-state index in [1.807, 2.05) is 0 Å². The molecule has 0 unspecified atom stereocenters. The number of halogens is 1. The van der Waals surface area contributed by atoms with Gasteiger partial charge in [0, 0.05) is 24.9 Å². The van der Waals surface area contributed by atoms with Gasteiger partial charge in [0.1, 0.15) is 0 Å². The topological polar surface area (TPSA) is 89.9 Å². The first-order chi connectivity index (χ1) is 8.79. The summed E-state index contributed by atoms with van der Waals surface area (Å²) >= 11 is 5.87.